The van der Waals surface area contributed by atoms with Gasteiger partial charge in [0.1, 0.15) is 5.75 Å². The van der Waals surface area contributed by atoms with Gasteiger partial charge in [-0.25, -0.2) is 4.79 Å². The Labute approximate surface area is 125 Å². The van der Waals surface area contributed by atoms with Crippen molar-refractivity contribution >= 4 is 29.4 Å². The van der Waals surface area contributed by atoms with Crippen LogP contribution in [0.2, 0.25) is 5.02 Å². The van der Waals surface area contributed by atoms with Gasteiger partial charge in [0.2, 0.25) is 5.78 Å². The molecule has 1 aliphatic rings. The number of hydrogen-bond acceptors (Lipinski definition) is 3. The number of carbonyl (C=O) groups excluding carboxylic acids is 1. The summed E-state index contributed by atoms with van der Waals surface area (Å²) in [6.45, 7) is 0. The Morgan fingerprint density at radius 3 is 2.76 bits per heavy atom. The zero-order chi connectivity index (χ0) is 15.0. The second kappa shape index (κ2) is 5.07. The number of carbonyl (C=O) groups is 2. The van der Waals surface area contributed by atoms with Gasteiger partial charge in [-0.05, 0) is 35.9 Å². The van der Waals surface area contributed by atoms with E-state index in [1.165, 1.54) is 18.2 Å². The highest BCUT2D eigenvalue weighted by atomic mass is 35.5. The molecule has 0 spiro atoms. The van der Waals surface area contributed by atoms with Gasteiger partial charge < -0.3 is 9.84 Å². The predicted octanol–water partition coefficient (Wildman–Crippen LogP) is 3.65. The molecule has 0 saturated heterocycles. The molecule has 0 fully saturated rings. The lowest BCUT2D eigenvalue weighted by molar-refractivity contribution is 0.0696. The van der Waals surface area contributed by atoms with E-state index in [0.717, 1.165) is 0 Å². The van der Waals surface area contributed by atoms with Crippen molar-refractivity contribution in [1.29, 1.82) is 0 Å². The number of carboxylic acids is 1. The Morgan fingerprint density at radius 2 is 2.00 bits per heavy atom. The second-order valence-electron chi connectivity index (χ2n) is 4.51. The third-order valence-corrected chi connectivity index (χ3v) is 3.30. The largest absolute Gasteiger partial charge is 0.478 e. The number of aromatic carboxylic acids is 1. The molecule has 0 bridgehead atoms. The van der Waals surface area contributed by atoms with E-state index >= 15 is 0 Å². The number of ether oxygens (including phenoxy) is 1. The standard InChI is InChI=1S/C16H9ClO4/c17-11-4-5-12-13(8-11)21-14(15(12)18)7-9-2-1-3-10(6-9)16(19)20/h1-8H,(H,19,20)/b14-7-. The summed E-state index contributed by atoms with van der Waals surface area (Å²) in [5.74, 6) is -0.714. The van der Waals surface area contributed by atoms with Gasteiger partial charge in [-0.1, -0.05) is 23.7 Å². The molecule has 0 aliphatic carbocycles. The maximum absolute atomic E-state index is 12.2. The highest BCUT2D eigenvalue weighted by molar-refractivity contribution is 6.31. The average Bonchev–Trinajstić information content (AvgIpc) is 2.75. The van der Waals surface area contributed by atoms with Gasteiger partial charge >= 0.3 is 5.97 Å². The van der Waals surface area contributed by atoms with Crippen molar-refractivity contribution in [3.05, 3.63) is 69.9 Å². The molecular formula is C16H9ClO4. The second-order valence-corrected chi connectivity index (χ2v) is 4.95. The molecule has 0 aromatic heterocycles. The summed E-state index contributed by atoms with van der Waals surface area (Å²) in [4.78, 5) is 23.1. The topological polar surface area (TPSA) is 63.6 Å². The first kappa shape index (κ1) is 13.4. The molecule has 0 atom stereocenters. The number of ketones is 1. The van der Waals surface area contributed by atoms with Crippen LogP contribution in [0.1, 0.15) is 26.3 Å². The van der Waals surface area contributed by atoms with Gasteiger partial charge in [-0.3, -0.25) is 4.79 Å². The van der Waals surface area contributed by atoms with E-state index in [0.29, 0.717) is 21.9 Å². The number of allylic oxidation sites excluding steroid dienone is 1. The van der Waals surface area contributed by atoms with Gasteiger partial charge in [0.05, 0.1) is 11.1 Å². The molecule has 1 N–H and O–H groups in total. The monoisotopic (exact) mass is 300 g/mol. The maximum Gasteiger partial charge on any atom is 0.335 e. The van der Waals surface area contributed by atoms with E-state index < -0.39 is 5.97 Å². The van der Waals surface area contributed by atoms with E-state index in [4.69, 9.17) is 21.4 Å². The Kier molecular flexibility index (Phi) is 3.23. The van der Waals surface area contributed by atoms with E-state index in [1.807, 2.05) is 0 Å². The third kappa shape index (κ3) is 2.53. The number of halogens is 1. The summed E-state index contributed by atoms with van der Waals surface area (Å²) in [6, 6.07) is 11.1. The summed E-state index contributed by atoms with van der Waals surface area (Å²) >= 11 is 5.86. The summed E-state index contributed by atoms with van der Waals surface area (Å²) in [6.07, 6.45) is 1.52. The van der Waals surface area contributed by atoms with Crippen molar-refractivity contribution in [2.24, 2.45) is 0 Å². The van der Waals surface area contributed by atoms with Gasteiger partial charge in [0.15, 0.2) is 5.76 Å². The minimum atomic E-state index is -1.02. The molecule has 104 valence electrons. The fourth-order valence-electron chi connectivity index (χ4n) is 2.07. The molecule has 21 heavy (non-hydrogen) atoms. The quantitative estimate of drug-likeness (QED) is 0.860. The van der Waals surface area contributed by atoms with Crippen LogP contribution in [0.15, 0.2) is 48.2 Å². The molecule has 5 heteroatoms. The molecular weight excluding hydrogens is 292 g/mol. The van der Waals surface area contributed by atoms with Crippen molar-refractivity contribution in [3.63, 3.8) is 0 Å². The number of benzene rings is 2. The highest BCUT2D eigenvalue weighted by Crippen LogP contribution is 2.33. The molecule has 2 aromatic rings. The van der Waals surface area contributed by atoms with Crippen molar-refractivity contribution < 1.29 is 19.4 Å². The van der Waals surface area contributed by atoms with E-state index in [9.17, 15) is 9.59 Å². The minimum absolute atomic E-state index is 0.148. The molecule has 0 saturated carbocycles. The van der Waals surface area contributed by atoms with Crippen molar-refractivity contribution in [2.45, 2.75) is 0 Å². The fourth-order valence-corrected chi connectivity index (χ4v) is 2.24. The first-order valence-electron chi connectivity index (χ1n) is 6.12. The molecule has 1 aliphatic heterocycles. The first-order chi connectivity index (χ1) is 10.0. The van der Waals surface area contributed by atoms with E-state index in [-0.39, 0.29) is 17.1 Å². The van der Waals surface area contributed by atoms with Crippen molar-refractivity contribution in [1.82, 2.24) is 0 Å². The number of Topliss-reactive ketones (excluding diaryl/α,β-unsaturated/α-hetero) is 1. The average molecular weight is 301 g/mol. The lowest BCUT2D eigenvalue weighted by atomic mass is 10.1. The molecule has 2 aromatic carbocycles. The highest BCUT2D eigenvalue weighted by Gasteiger charge is 2.27. The fraction of sp³-hybridized carbons (Fsp3) is 0. The Hall–Kier alpha value is -2.59. The molecule has 4 nitrogen and oxygen atoms in total. The summed E-state index contributed by atoms with van der Waals surface area (Å²) < 4.78 is 5.48. The van der Waals surface area contributed by atoms with Crippen LogP contribution in [0.3, 0.4) is 0 Å². The van der Waals surface area contributed by atoms with E-state index in [2.05, 4.69) is 0 Å². The van der Waals surface area contributed by atoms with E-state index in [1.54, 1.807) is 30.3 Å². The van der Waals surface area contributed by atoms with Crippen molar-refractivity contribution in [3.8, 4) is 5.75 Å². The van der Waals surface area contributed by atoms with Crippen LogP contribution in [0, 0.1) is 0 Å². The summed E-state index contributed by atoms with van der Waals surface area (Å²) in [5, 5.41) is 9.44. The predicted molar refractivity (Wildman–Crippen MR) is 77.8 cm³/mol. The van der Waals surface area contributed by atoms with Gasteiger partial charge in [-0.15, -0.1) is 0 Å². The van der Waals surface area contributed by atoms with Crippen LogP contribution in [0.4, 0.5) is 0 Å². The number of hydrogen-bond donors (Lipinski definition) is 1. The normalized spacial score (nSPS) is 14.9. The van der Waals surface area contributed by atoms with Crippen LogP contribution < -0.4 is 4.74 Å². The smallest absolute Gasteiger partial charge is 0.335 e. The minimum Gasteiger partial charge on any atom is -0.478 e. The van der Waals surface area contributed by atoms with Crippen LogP contribution in [-0.2, 0) is 0 Å². The maximum atomic E-state index is 12.2. The lowest BCUT2D eigenvalue weighted by Gasteiger charge is -2.00. The number of fused-ring (bicyclic) bond motifs is 1. The zero-order valence-corrected chi connectivity index (χ0v) is 11.4. The van der Waals surface area contributed by atoms with Gasteiger partial charge in [0.25, 0.3) is 0 Å². The van der Waals surface area contributed by atoms with Crippen LogP contribution in [0.5, 0.6) is 5.75 Å². The molecule has 0 radical (unpaired) electrons. The van der Waals surface area contributed by atoms with Gasteiger partial charge in [-0.2, -0.15) is 0 Å². The Morgan fingerprint density at radius 1 is 1.19 bits per heavy atom. The Bertz CT molecular complexity index is 793. The van der Waals surface area contributed by atoms with Crippen LogP contribution in [0.25, 0.3) is 6.08 Å². The lowest BCUT2D eigenvalue weighted by Crippen LogP contribution is -1.99. The molecule has 0 unspecified atom stereocenters. The van der Waals surface area contributed by atoms with Crippen LogP contribution >= 0.6 is 11.6 Å². The molecule has 0 amide bonds. The molecule has 3 rings (SSSR count). The summed E-state index contributed by atoms with van der Waals surface area (Å²) in [5.41, 5.74) is 1.17. The summed E-state index contributed by atoms with van der Waals surface area (Å²) in [7, 11) is 0. The number of carboxylic acid groups (broad SMARTS) is 1. The zero-order valence-electron chi connectivity index (χ0n) is 10.7. The first-order valence-corrected chi connectivity index (χ1v) is 6.49. The Balaban J connectivity index is 1.97. The SMILES string of the molecule is O=C(O)c1cccc(/C=C2\Oc3cc(Cl)ccc3C2=O)c1. The van der Waals surface area contributed by atoms with Gasteiger partial charge in [0, 0.05) is 11.1 Å². The van der Waals surface area contributed by atoms with Crippen molar-refractivity contribution in [2.75, 3.05) is 0 Å². The van der Waals surface area contributed by atoms with Crippen LogP contribution in [-0.4, -0.2) is 16.9 Å². The number of rotatable bonds is 2. The molecule has 1 heterocycles. The third-order valence-electron chi connectivity index (χ3n) is 3.06.